The fourth-order valence-corrected chi connectivity index (χ4v) is 18.6. The van der Waals surface area contributed by atoms with Crippen LogP contribution in [0, 0.1) is 0 Å². The van der Waals surface area contributed by atoms with E-state index in [4.69, 9.17) is 31.0 Å². The molecular formula is C92H94N8O4RuS6. The first-order valence-corrected chi connectivity index (χ1v) is 42.8. The van der Waals surface area contributed by atoms with Crippen molar-refractivity contribution in [3.63, 3.8) is 0 Å². The molecule has 0 radical (unpaired) electrons. The second-order valence-electron chi connectivity index (χ2n) is 27.8. The first-order chi connectivity index (χ1) is 53.9. The SMILES string of the molecule is CCCCCCCc1ccc2c(c1)c1cc(CCCCCCC)ccc1n2-c1ccc(-c2ccc(-c3ccnc(-c4cc(-c5ccc(-c6ccc(-n7c8ccc(CCCCCCC)cc8c8cc(CCCCCCC)ccc87)s6)s5)ccn4)c3)s2)s1.O=C(O)c1ccnc(-c2cc(C(=O)O)ccn2)c1.[N-]=C=S.[N-]=C=S.[Ru+2]. The average molecular weight is 1670 g/mol. The maximum Gasteiger partial charge on any atom is 2.00 e. The van der Waals surface area contributed by atoms with Crippen molar-refractivity contribution in [2.75, 3.05) is 0 Å². The van der Waals surface area contributed by atoms with Crippen molar-refractivity contribution in [3.05, 3.63) is 239 Å². The van der Waals surface area contributed by atoms with Crippen LogP contribution in [0.4, 0.5) is 0 Å². The molecule has 0 bridgehead atoms. The molecule has 0 saturated carbocycles. The third kappa shape index (κ3) is 22.3. The molecule has 0 aliphatic rings. The third-order valence-corrected chi connectivity index (χ3v) is 24.8. The van der Waals surface area contributed by atoms with Crippen molar-refractivity contribution >= 4 is 136 Å². The Balaban J connectivity index is 0.000000450. The van der Waals surface area contributed by atoms with Gasteiger partial charge in [0.2, 0.25) is 0 Å². The summed E-state index contributed by atoms with van der Waals surface area (Å²) in [5.74, 6) is -2.15. The van der Waals surface area contributed by atoms with Gasteiger partial charge in [0.1, 0.15) is 10.0 Å². The Kier molecular flexibility index (Phi) is 32.9. The van der Waals surface area contributed by atoms with Crippen molar-refractivity contribution in [2.45, 2.75) is 182 Å². The maximum atomic E-state index is 10.8. The van der Waals surface area contributed by atoms with Crippen LogP contribution in [0.25, 0.3) is 128 Å². The van der Waals surface area contributed by atoms with Crippen LogP contribution in [0.5, 0.6) is 0 Å². The van der Waals surface area contributed by atoms with Crippen LogP contribution in [0.1, 0.15) is 199 Å². The molecule has 0 spiro atoms. The molecule has 111 heavy (non-hydrogen) atoms. The number of carboxylic acids is 2. The second-order valence-corrected chi connectivity index (χ2v) is 32.5. The van der Waals surface area contributed by atoms with Gasteiger partial charge in [0.15, 0.2) is 0 Å². The number of unbranched alkanes of at least 4 members (excludes halogenated alkanes) is 16. The normalized spacial score (nSPS) is 11.0. The number of aromatic carboxylic acids is 2. The summed E-state index contributed by atoms with van der Waals surface area (Å²) in [6, 6.07) is 61.8. The van der Waals surface area contributed by atoms with Gasteiger partial charge in [0.25, 0.3) is 0 Å². The van der Waals surface area contributed by atoms with Crippen molar-refractivity contribution in [1.29, 1.82) is 0 Å². The van der Waals surface area contributed by atoms with E-state index < -0.39 is 11.9 Å². The predicted octanol–water partition coefficient (Wildman–Crippen LogP) is 28.2. The molecule has 14 rings (SSSR count). The molecule has 0 aliphatic heterocycles. The standard InChI is InChI=1S/C78H86N4S4.C12H8N2O4.2CNS.Ru/c1-5-9-13-17-21-25-55-29-33-67-61(49-55)62-50-56(26-22-18-14-10-6-2)30-34-68(62)81(67)77-43-41-75(85-77)73-39-37-71(83-73)59-45-47-79-65(53-59)66-54-60(46-48-80-66)72-38-40-74(84-72)76-42-44-78(86-76)82-69-35-31-57(27-23-19-15-11-7-3)51-63(69)64-52-58(32-36-70(64)82)28-24-20-16-12-8-4;15-11(16)7-1-3-13-9(5-7)10-6-8(12(17)18)2-4-14-10;2*2-1-3;/h29-54H,5-28H2,1-4H3;1-6H,(H,15,16)(H,17,18);;;/q;;2*-1;+2. The van der Waals surface area contributed by atoms with Gasteiger partial charge in [-0.1, -0.05) is 179 Å². The Morgan fingerprint density at radius 1 is 0.342 bits per heavy atom. The molecule has 14 aromatic rings. The van der Waals surface area contributed by atoms with Crippen LogP contribution in [0.3, 0.4) is 0 Å². The molecule has 0 unspecified atom stereocenters. The summed E-state index contributed by atoms with van der Waals surface area (Å²) >= 11 is 14.9. The summed E-state index contributed by atoms with van der Waals surface area (Å²) in [5, 5.41) is 42.7. The minimum atomic E-state index is -1.08. The number of pyridine rings is 4. The Morgan fingerprint density at radius 3 is 0.901 bits per heavy atom. The topological polar surface area (TPSA) is 181 Å². The minimum absolute atomic E-state index is 0. The number of rotatable bonds is 34. The summed E-state index contributed by atoms with van der Waals surface area (Å²) in [4.78, 5) is 47.0. The number of thiophene rings is 4. The Morgan fingerprint density at radius 2 is 0.604 bits per heavy atom. The van der Waals surface area contributed by atoms with Crippen LogP contribution < -0.4 is 0 Å². The van der Waals surface area contributed by atoms with Crippen LogP contribution in [0.15, 0.2) is 195 Å². The fourth-order valence-electron chi connectivity index (χ4n) is 14.3. The van der Waals surface area contributed by atoms with Crippen LogP contribution in [0.2, 0.25) is 0 Å². The molecule has 2 N–H and O–H groups in total. The molecule has 4 aromatic carbocycles. The molecule has 0 amide bonds. The molecule has 10 aromatic heterocycles. The van der Waals surface area contributed by atoms with Crippen molar-refractivity contribution in [3.8, 4) is 73.2 Å². The van der Waals surface area contributed by atoms with Gasteiger partial charge in [-0.2, -0.15) is 10.3 Å². The number of aryl methyl sites for hydroxylation is 4. The van der Waals surface area contributed by atoms with Crippen molar-refractivity contribution < 1.29 is 39.3 Å². The number of isothiocyanates is 2. The fraction of sp³-hybridized carbons (Fsp3) is 0.304. The van der Waals surface area contributed by atoms with Crippen LogP contribution in [-0.2, 0) is 45.2 Å². The molecule has 0 fully saturated rings. The number of hydrogen-bond acceptors (Lipinski definition) is 12. The smallest absolute Gasteiger partial charge is 0.753 e. The zero-order valence-electron chi connectivity index (χ0n) is 63.5. The Bertz CT molecular complexity index is 5000. The van der Waals surface area contributed by atoms with E-state index in [2.05, 4.69) is 217 Å². The number of carboxylic acid groups (broad SMARTS) is 2. The van der Waals surface area contributed by atoms with Gasteiger partial charge >= 0.3 is 31.4 Å². The van der Waals surface area contributed by atoms with Crippen LogP contribution in [-0.4, -0.2) is 61.5 Å². The molecule has 12 nitrogen and oxygen atoms in total. The van der Waals surface area contributed by atoms with Gasteiger partial charge < -0.3 is 30.2 Å². The number of thiocarbonyl (C=S) groups is 2. The van der Waals surface area contributed by atoms with E-state index >= 15 is 0 Å². The molecule has 0 aliphatic carbocycles. The Hall–Kier alpha value is -8.96. The van der Waals surface area contributed by atoms with Crippen molar-refractivity contribution in [2.24, 2.45) is 0 Å². The maximum absolute atomic E-state index is 10.8. The second kappa shape index (κ2) is 43.2. The average Bonchev–Trinajstić information content (AvgIpc) is 1.59. The number of carbonyl (C=O) groups is 2. The molecule has 0 saturated heterocycles. The number of hydrogen-bond donors (Lipinski definition) is 2. The van der Waals surface area contributed by atoms with Gasteiger partial charge in [0.05, 0.1) is 56.0 Å². The van der Waals surface area contributed by atoms with E-state index in [0.29, 0.717) is 11.4 Å². The zero-order chi connectivity index (χ0) is 77.1. The number of fused-ring (bicyclic) bond motifs is 6. The summed E-state index contributed by atoms with van der Waals surface area (Å²) in [7, 11) is 0. The predicted molar refractivity (Wildman–Crippen MR) is 473 cm³/mol. The summed E-state index contributed by atoms with van der Waals surface area (Å²) in [6.45, 7) is 9.20. The summed E-state index contributed by atoms with van der Waals surface area (Å²) in [5.41, 5.74) is 15.9. The molecule has 0 atom stereocenters. The van der Waals surface area contributed by atoms with Gasteiger partial charge in [-0.3, -0.25) is 19.9 Å². The molecule has 10 heterocycles. The van der Waals surface area contributed by atoms with Gasteiger partial charge in [-0.25, -0.2) is 9.59 Å². The third-order valence-electron chi connectivity index (χ3n) is 20.0. The van der Waals surface area contributed by atoms with Gasteiger partial charge in [-0.05, 0) is 230 Å². The first kappa shape index (κ1) is 84.5. The van der Waals surface area contributed by atoms with E-state index in [1.807, 2.05) is 57.7 Å². The monoisotopic (exact) mass is 1670 g/mol. The van der Waals surface area contributed by atoms with Gasteiger partial charge in [0, 0.05) is 75.6 Å². The van der Waals surface area contributed by atoms with E-state index in [1.165, 1.54) is 281 Å². The largest absolute Gasteiger partial charge is 2.00 e. The van der Waals surface area contributed by atoms with E-state index in [0.717, 1.165) is 48.2 Å². The van der Waals surface area contributed by atoms with Crippen LogP contribution >= 0.6 is 69.8 Å². The quantitative estimate of drug-likeness (QED) is 0.0170. The first-order valence-electron chi connectivity index (χ1n) is 38.7. The summed E-state index contributed by atoms with van der Waals surface area (Å²) in [6.07, 6.45) is 37.3. The molecular weight excluding hydrogens is 1570 g/mol. The zero-order valence-corrected chi connectivity index (χ0v) is 70.2. The number of aromatic nitrogens is 6. The molecule has 19 heteroatoms. The number of benzene rings is 4. The Labute approximate surface area is 692 Å². The number of nitrogens with zero attached hydrogens (tertiary/aromatic N) is 8. The van der Waals surface area contributed by atoms with E-state index in [-0.39, 0.29) is 30.6 Å². The molecule has 570 valence electrons. The van der Waals surface area contributed by atoms with E-state index in [1.54, 1.807) is 0 Å². The minimum Gasteiger partial charge on any atom is -0.753 e. The van der Waals surface area contributed by atoms with Gasteiger partial charge in [-0.15, -0.1) is 45.3 Å². The van der Waals surface area contributed by atoms with E-state index in [9.17, 15) is 9.59 Å². The summed E-state index contributed by atoms with van der Waals surface area (Å²) < 4.78 is 5.05. The van der Waals surface area contributed by atoms with Crippen molar-refractivity contribution in [1.82, 2.24) is 29.1 Å².